The number of aromatic amines is 1. The van der Waals surface area contributed by atoms with Gasteiger partial charge in [0.1, 0.15) is 75.6 Å². The fraction of sp³-hybridized carbons (Fsp3) is 0.288. The number of alkyl halides is 1. The topological polar surface area (TPSA) is 445 Å². The normalized spacial score (nSPS) is 12.5. The molecule has 4 heterocycles. The van der Waals surface area contributed by atoms with Crippen molar-refractivity contribution in [3.8, 4) is 47.0 Å². The Labute approximate surface area is 958 Å². The van der Waals surface area contributed by atoms with E-state index in [9.17, 15) is 42.3 Å². The molecule has 768 valence electrons. The molecule has 0 saturated carbocycles. The second-order valence-corrected chi connectivity index (χ2v) is 36.3. The molecule has 32 nitrogen and oxygen atoms in total. The number of aromatic hydroxyl groups is 1. The Balaban J connectivity index is 0.000000275. The molecule has 13 aromatic carbocycles. The number of hydrogen-bond donors (Lipinski definition) is 8. The van der Waals surface area contributed by atoms with E-state index in [2.05, 4.69) is 103 Å². The fourth-order valence-corrected chi connectivity index (χ4v) is 15.7. The summed E-state index contributed by atoms with van der Waals surface area (Å²) in [6.45, 7) is 28.7. The number of nitrogen functional groups attached to an aromatic ring is 1. The predicted octanol–water partition coefficient (Wildman–Crippen LogP) is 17.4. The molecule has 1 aromatic heterocycles. The first kappa shape index (κ1) is 122. The Kier molecular flexibility index (Phi) is 50.3. The Bertz CT molecular complexity index is 7030. The average molecular weight is 2150 g/mol. The molecule has 0 unspecified atom stereocenters. The number of carbonyl (C=O) groups is 6. The maximum absolute atomic E-state index is 14.4. The molecule has 0 spiro atoms. The number of carboxylic acids is 1. The number of piperidine rings is 3. The van der Waals surface area contributed by atoms with Gasteiger partial charge in [-0.3, -0.25) is 25.0 Å². The molecule has 0 radical (unpaired) electrons. The average Bonchev–Trinajstić information content (AvgIpc) is 1.13. The summed E-state index contributed by atoms with van der Waals surface area (Å²) < 4.78 is 74.6. The van der Waals surface area contributed by atoms with Crippen LogP contribution in [0.2, 0.25) is 0 Å². The van der Waals surface area contributed by atoms with E-state index in [4.69, 9.17) is 71.7 Å². The monoisotopic (exact) mass is 2140 g/mol. The van der Waals surface area contributed by atoms with Crippen molar-refractivity contribution in [3.63, 3.8) is 0 Å². The molecule has 9 N–H and O–H groups in total. The molecule has 0 aliphatic carbocycles. The van der Waals surface area contributed by atoms with E-state index in [1.807, 2.05) is 175 Å². The zero-order valence-electron chi connectivity index (χ0n) is 85.0. The summed E-state index contributed by atoms with van der Waals surface area (Å²) in [5, 5.41) is 86.2. The number of fused-ring (bicyclic) bond motifs is 5. The van der Waals surface area contributed by atoms with Crippen molar-refractivity contribution >= 4 is 152 Å². The zero-order valence-corrected chi connectivity index (χ0v) is 91.9. The Morgan fingerprint density at radius 3 is 1.11 bits per heavy atom. The minimum Gasteiger partial charge on any atom is -1.00 e. The molecular weight excluding hydrogens is 2030 g/mol. The SMILES string of the molecule is C.CC(C)(C)OC(=O)Nc1ccc(O)c2ccccc12.CC(C)(C)OC(=O)Nc1ccc(OCC#N)c2ccccc12.CC1CCN(c2cc(F)cc(C(=O)Nc3ccc(OCC#N)c4ccccc34)c2)CC1.CC1CCN(c2cc(F)cc(C(=O)Nc3ccc(OCc4nn[nH]n4)c4ccccc34)c2)CC1.CC1CCN(c2cc(F)cc(C(=O)O)c2)CC1.N#CCOc1ccc(N)c2ccccc12.O=CO[O-].[C-]#[N+]CBr.[H-].[K+].[K+]. The summed E-state index contributed by atoms with van der Waals surface area (Å²) in [4.78, 5) is 81.1. The number of phenols is 1. The Hall–Kier alpha value is -13.7. The number of ether oxygens (including phenoxy) is 6. The number of hydrogen-bond acceptors (Lipinski definition) is 25. The number of nitrogens with two attached hydrogens (primary N) is 1. The number of aromatic nitrogens is 4. The third-order valence-electron chi connectivity index (χ3n) is 22.8. The Morgan fingerprint density at radius 1 is 0.490 bits per heavy atom. The minimum absolute atomic E-state index is 0. The van der Waals surface area contributed by atoms with Crippen molar-refractivity contribution in [3.05, 3.63) is 288 Å². The molecule has 0 atom stereocenters. The number of halogens is 4. The number of nitrogens with one attached hydrogen (secondary N) is 5. The molecule has 14 aromatic rings. The number of benzene rings is 13. The second-order valence-electron chi connectivity index (χ2n) is 35.8. The van der Waals surface area contributed by atoms with Crippen LogP contribution in [0.25, 0.3) is 58.7 Å². The number of aromatic carboxylic acids is 1. The van der Waals surface area contributed by atoms with Gasteiger partial charge in [-0.15, -0.1) is 10.2 Å². The fourth-order valence-electron chi connectivity index (χ4n) is 15.7. The number of H-pyrrole nitrogens is 1. The quantitative estimate of drug-likeness (QED) is 0.00404. The van der Waals surface area contributed by atoms with E-state index >= 15 is 0 Å². The van der Waals surface area contributed by atoms with Crippen molar-refractivity contribution in [2.45, 2.75) is 126 Å². The largest absolute Gasteiger partial charge is 1.00 e. The molecule has 3 saturated heterocycles. The van der Waals surface area contributed by atoms with E-state index in [0.717, 1.165) is 149 Å². The number of nitrogens with zero attached hydrogens (tertiary/aromatic N) is 10. The van der Waals surface area contributed by atoms with E-state index in [0.29, 0.717) is 85.9 Å². The van der Waals surface area contributed by atoms with E-state index in [1.165, 1.54) is 30.3 Å². The van der Waals surface area contributed by atoms with Gasteiger partial charge in [0.2, 0.25) is 5.82 Å². The van der Waals surface area contributed by atoms with Gasteiger partial charge in [0.15, 0.2) is 26.4 Å². The summed E-state index contributed by atoms with van der Waals surface area (Å²) in [7, 11) is 0. The second kappa shape index (κ2) is 61.3. The van der Waals surface area contributed by atoms with Crippen LogP contribution in [0.3, 0.4) is 0 Å². The molecule has 38 heteroatoms. The number of anilines is 8. The predicted molar refractivity (Wildman–Crippen MR) is 567 cm³/mol. The van der Waals surface area contributed by atoms with Crippen LogP contribution in [-0.2, 0) is 25.8 Å². The van der Waals surface area contributed by atoms with Gasteiger partial charge in [0.25, 0.3) is 23.7 Å². The number of rotatable bonds is 20. The third-order valence-corrected chi connectivity index (χ3v) is 23.1. The van der Waals surface area contributed by atoms with Gasteiger partial charge in [-0.25, -0.2) is 34.1 Å². The van der Waals surface area contributed by atoms with Crippen molar-refractivity contribution in [1.29, 1.82) is 15.8 Å². The first-order valence-electron chi connectivity index (χ1n) is 46.6. The summed E-state index contributed by atoms with van der Waals surface area (Å²) in [5.41, 5.74) is 11.1. The van der Waals surface area contributed by atoms with Crippen molar-refractivity contribution in [1.82, 2.24) is 20.6 Å². The maximum atomic E-state index is 14.4. The van der Waals surface area contributed by atoms with Gasteiger partial charge in [0, 0.05) is 154 Å². The first-order valence-corrected chi connectivity index (χ1v) is 47.7. The Morgan fingerprint density at radius 2 is 0.785 bits per heavy atom. The standard InChI is InChI=1S/C25H25FN6O2.C25H24FN3O2.C17H18N2O3.C15H17NO3.C13H16FNO2.C12H10N2O.C2H2BrN.CH2O3.CH4.2K.H/c1-16-8-10-32(11-9-16)19-13-17(12-18(26)14-19)25(33)27-22-6-7-23(21-5-3-2-4-20(21)22)34-15-24-28-30-31-29-24;1-17-8-11-29(12-9-17)20-15-18(14-19(26)16-20)25(30)28-23-6-7-24(31-13-10-27)22-5-3-2-4-21(22)23;1-17(2,3)22-16(20)19-14-8-9-15(21-11-10-18)13-7-5-4-6-12(13)14;1-15(2,3)19-14(18)16-12-8-9-13(17)11-7-5-4-6-10(11)12;1-9-2-4-15(5-3-9)12-7-10(13(16)17)6-11(14)8-12;13-7-8-15-12-6-5-11(14)9-3-1-2-4-10(9)12;1-4-2-3;2-1-4-3;;;;/h2-7,12-14,16H,8-11,15H2,1H3,(H,27,33)(H,28,29,30,31);2-7,14-17H,8-9,11-13H2,1H3,(H,28,30);4-9H,11H2,1-3H3,(H,19,20);4-9,17H,1-3H3,(H,16,18);6-9H,2-5H2,1H3,(H,16,17);1-6H,8,14H2;2H2;1,3H;1H4;;;/q;;;;;;;;;2*+1;-1/p-1. The van der Waals surface area contributed by atoms with Gasteiger partial charge in [-0.2, -0.15) is 21.0 Å². The number of amides is 4. The van der Waals surface area contributed by atoms with Crippen LogP contribution in [0.4, 0.5) is 68.3 Å². The molecule has 4 amide bonds. The maximum Gasteiger partial charge on any atom is 1.00 e. The van der Waals surface area contributed by atoms with Crippen LogP contribution in [0.1, 0.15) is 147 Å². The minimum atomic E-state index is -1.09. The van der Waals surface area contributed by atoms with Crippen LogP contribution in [-0.4, -0.2) is 143 Å². The van der Waals surface area contributed by atoms with Crippen LogP contribution < -0.4 is 169 Å². The van der Waals surface area contributed by atoms with Crippen molar-refractivity contribution in [2.24, 2.45) is 17.8 Å². The van der Waals surface area contributed by atoms with E-state index in [1.54, 1.807) is 84.9 Å². The molecule has 3 aliphatic rings. The van der Waals surface area contributed by atoms with E-state index in [-0.39, 0.29) is 179 Å². The number of nitriles is 3. The molecular formula is C111H118BrF3K2N16O16. The summed E-state index contributed by atoms with van der Waals surface area (Å²) in [6.07, 6.45) is 5.36. The molecule has 3 aliphatic heterocycles. The zero-order chi connectivity index (χ0) is 105. The summed E-state index contributed by atoms with van der Waals surface area (Å²) in [6, 6.07) is 73.7. The van der Waals surface area contributed by atoms with Gasteiger partial charge in [-0.1, -0.05) is 155 Å². The summed E-state index contributed by atoms with van der Waals surface area (Å²) >= 11 is 2.89. The summed E-state index contributed by atoms with van der Waals surface area (Å²) in [5.74, 6) is 1.99. The van der Waals surface area contributed by atoms with E-state index < -0.39 is 46.8 Å². The molecule has 3 fully saturated rings. The van der Waals surface area contributed by atoms with Crippen LogP contribution in [0, 0.1) is 75.8 Å². The van der Waals surface area contributed by atoms with Crippen molar-refractivity contribution in [2.75, 3.05) is 106 Å². The number of phenolic OH excluding ortho intramolecular Hbond substituents is 1. The molecule has 0 bridgehead atoms. The van der Waals surface area contributed by atoms with Crippen molar-refractivity contribution < 1.29 is 195 Å². The van der Waals surface area contributed by atoms with Gasteiger partial charge < -0.3 is 86.1 Å². The smallest absolute Gasteiger partial charge is 1.00 e. The number of carboxylic acid groups (broad SMARTS) is 1. The third kappa shape index (κ3) is 38.1. The number of tetrazole rings is 1. The first-order chi connectivity index (χ1) is 70.1. The van der Waals surface area contributed by atoms with Crippen LogP contribution >= 0.6 is 15.9 Å². The van der Waals surface area contributed by atoms with Crippen LogP contribution in [0.15, 0.2) is 237 Å². The van der Waals surface area contributed by atoms with Gasteiger partial charge in [-0.05, 0) is 213 Å². The van der Waals surface area contributed by atoms with Gasteiger partial charge in [0.05, 0.1) is 16.9 Å². The molecule has 149 heavy (non-hydrogen) atoms. The van der Waals surface area contributed by atoms with Gasteiger partial charge >= 0.3 is 121 Å². The number of carbonyl (C=O) groups excluding carboxylic acids is 5. The molecule has 17 rings (SSSR count). The van der Waals surface area contributed by atoms with Crippen LogP contribution in [0.5, 0.6) is 28.7 Å².